The normalized spacial score (nSPS) is 17.8. The first-order chi connectivity index (χ1) is 18.3. The van der Waals surface area contributed by atoms with E-state index in [9.17, 15) is 22.4 Å². The number of fused-ring (bicyclic) bond motifs is 1. The highest BCUT2D eigenvalue weighted by Crippen LogP contribution is 2.38. The number of benzene rings is 3. The molecule has 0 bridgehead atoms. The Hall–Kier alpha value is -3.76. The van der Waals surface area contributed by atoms with Gasteiger partial charge in [-0.05, 0) is 66.3 Å². The minimum absolute atomic E-state index is 0.0242. The average molecular weight is 537 g/mol. The summed E-state index contributed by atoms with van der Waals surface area (Å²) in [7, 11) is -4.03. The number of halogens is 1. The van der Waals surface area contributed by atoms with Crippen LogP contribution in [0.3, 0.4) is 0 Å². The lowest BCUT2D eigenvalue weighted by atomic mass is 9.98. The van der Waals surface area contributed by atoms with Crippen LogP contribution in [0.15, 0.2) is 77.7 Å². The molecule has 1 atom stereocenters. The summed E-state index contributed by atoms with van der Waals surface area (Å²) in [6, 6.07) is 18.7. The van der Waals surface area contributed by atoms with Crippen LogP contribution in [0.25, 0.3) is 0 Å². The van der Waals surface area contributed by atoms with Crippen LogP contribution in [0.1, 0.15) is 52.4 Å². The molecule has 198 valence electrons. The molecule has 3 aromatic carbocycles. The van der Waals surface area contributed by atoms with E-state index < -0.39 is 16.1 Å². The molecule has 38 heavy (non-hydrogen) atoms. The van der Waals surface area contributed by atoms with Gasteiger partial charge in [0.25, 0.3) is 15.9 Å². The van der Waals surface area contributed by atoms with Crippen LogP contribution < -0.4 is 10.1 Å². The van der Waals surface area contributed by atoms with Gasteiger partial charge in [0.1, 0.15) is 5.82 Å². The lowest BCUT2D eigenvalue weighted by Gasteiger charge is -2.26. The van der Waals surface area contributed by atoms with Crippen LogP contribution in [0.4, 0.5) is 9.18 Å². The highest BCUT2D eigenvalue weighted by atomic mass is 32.2. The summed E-state index contributed by atoms with van der Waals surface area (Å²) in [5.74, 6) is -0.440. The number of nitrogens with zero attached hydrogens (tertiary/aromatic N) is 2. The predicted molar refractivity (Wildman–Crippen MR) is 140 cm³/mol. The quantitative estimate of drug-likeness (QED) is 0.476. The molecule has 10 heteroatoms. The van der Waals surface area contributed by atoms with E-state index in [-0.39, 0.29) is 22.7 Å². The predicted octanol–water partition coefficient (Wildman–Crippen LogP) is 4.00. The van der Waals surface area contributed by atoms with Gasteiger partial charge in [-0.3, -0.25) is 10.2 Å². The van der Waals surface area contributed by atoms with Gasteiger partial charge in [-0.2, -0.15) is 0 Å². The number of hydrogen-bond acceptors (Lipinski definition) is 5. The number of rotatable bonds is 7. The van der Waals surface area contributed by atoms with Crippen molar-refractivity contribution in [1.82, 2.24) is 20.1 Å². The lowest BCUT2D eigenvalue weighted by molar-refractivity contribution is 0.0751. The second-order valence-electron chi connectivity index (χ2n) is 9.53. The molecule has 0 saturated carbocycles. The second-order valence-corrected chi connectivity index (χ2v) is 11.2. The highest BCUT2D eigenvalue weighted by Gasteiger charge is 2.37. The molecule has 0 aliphatic carbocycles. The third-order valence-corrected chi connectivity index (χ3v) is 8.31. The van der Waals surface area contributed by atoms with Crippen LogP contribution >= 0.6 is 0 Å². The molecule has 0 spiro atoms. The van der Waals surface area contributed by atoms with E-state index in [2.05, 4.69) is 10.1 Å². The van der Waals surface area contributed by atoms with Gasteiger partial charge < -0.3 is 4.90 Å². The van der Waals surface area contributed by atoms with Gasteiger partial charge in [0.05, 0.1) is 10.9 Å². The monoisotopic (exact) mass is 536 g/mol. The fourth-order valence-corrected chi connectivity index (χ4v) is 5.95. The third-order valence-electron chi connectivity index (χ3n) is 6.96. The first kappa shape index (κ1) is 25.9. The molecular weight excluding hydrogens is 507 g/mol. The van der Waals surface area contributed by atoms with Gasteiger partial charge in [0.2, 0.25) is 0 Å². The van der Waals surface area contributed by atoms with E-state index in [4.69, 9.17) is 0 Å². The maximum absolute atomic E-state index is 13.6. The van der Waals surface area contributed by atoms with Crippen molar-refractivity contribution in [2.75, 3.05) is 19.6 Å². The SMILES string of the molecule is O=C(NN1CCCCC1)NS(=O)(=O)c1ccc(CCN2C(=O)c3ccccc3C2c2ccc(F)cc2)cc1. The maximum atomic E-state index is 13.6. The molecule has 1 fully saturated rings. The number of nitrogens with one attached hydrogen (secondary N) is 2. The van der Waals surface area contributed by atoms with Crippen LogP contribution in [0, 0.1) is 5.82 Å². The summed E-state index contributed by atoms with van der Waals surface area (Å²) in [6.07, 6.45) is 3.49. The molecule has 1 unspecified atom stereocenters. The number of amides is 3. The van der Waals surface area contributed by atoms with Gasteiger partial charge >= 0.3 is 6.03 Å². The molecule has 5 rings (SSSR count). The number of sulfonamides is 1. The van der Waals surface area contributed by atoms with Crippen molar-refractivity contribution >= 4 is 22.0 Å². The van der Waals surface area contributed by atoms with Crippen molar-refractivity contribution in [3.05, 3.63) is 101 Å². The Balaban J connectivity index is 1.25. The molecule has 2 aliphatic rings. The van der Waals surface area contributed by atoms with E-state index in [1.807, 2.05) is 18.2 Å². The fraction of sp³-hybridized carbons (Fsp3) is 0.286. The zero-order valence-corrected chi connectivity index (χ0v) is 21.6. The average Bonchev–Trinajstić information content (AvgIpc) is 3.20. The summed E-state index contributed by atoms with van der Waals surface area (Å²) in [4.78, 5) is 27.2. The van der Waals surface area contributed by atoms with Crippen molar-refractivity contribution in [2.45, 2.75) is 36.6 Å². The summed E-state index contributed by atoms with van der Waals surface area (Å²) < 4.78 is 41.0. The Labute approximate surface area is 221 Å². The summed E-state index contributed by atoms with van der Waals surface area (Å²) in [6.45, 7) is 1.77. The van der Waals surface area contributed by atoms with E-state index in [1.54, 1.807) is 40.2 Å². The van der Waals surface area contributed by atoms with Crippen LogP contribution in [0.2, 0.25) is 0 Å². The third kappa shape index (κ3) is 5.56. The van der Waals surface area contributed by atoms with Gasteiger partial charge in [0.15, 0.2) is 0 Å². The lowest BCUT2D eigenvalue weighted by Crippen LogP contribution is -2.50. The molecule has 3 aromatic rings. The van der Waals surface area contributed by atoms with Gasteiger partial charge in [-0.1, -0.05) is 48.9 Å². The number of carbonyl (C=O) groups excluding carboxylic acids is 2. The summed E-state index contributed by atoms with van der Waals surface area (Å²) in [5.41, 5.74) is 5.74. The molecule has 0 radical (unpaired) electrons. The van der Waals surface area contributed by atoms with E-state index >= 15 is 0 Å². The molecule has 2 aliphatic heterocycles. The van der Waals surface area contributed by atoms with Gasteiger partial charge in [0, 0.05) is 25.2 Å². The highest BCUT2D eigenvalue weighted by molar-refractivity contribution is 7.90. The Bertz CT molecular complexity index is 1420. The number of piperidine rings is 1. The van der Waals surface area contributed by atoms with Crippen LogP contribution in [0.5, 0.6) is 0 Å². The van der Waals surface area contributed by atoms with Crippen molar-refractivity contribution in [2.24, 2.45) is 0 Å². The smallest absolute Gasteiger partial charge is 0.327 e. The van der Waals surface area contributed by atoms with Crippen molar-refractivity contribution in [3.8, 4) is 0 Å². The van der Waals surface area contributed by atoms with Crippen molar-refractivity contribution < 1.29 is 22.4 Å². The van der Waals surface area contributed by atoms with Gasteiger partial charge in [-0.25, -0.2) is 27.3 Å². The molecular formula is C28H29FN4O4S. The van der Waals surface area contributed by atoms with E-state index in [1.165, 1.54) is 24.3 Å². The minimum atomic E-state index is -4.03. The summed E-state index contributed by atoms with van der Waals surface area (Å²) in [5, 5.41) is 1.72. The number of urea groups is 1. The molecule has 0 aromatic heterocycles. The Kier molecular flexibility index (Phi) is 7.44. The number of carbonyl (C=O) groups is 2. The number of hydrazine groups is 1. The number of hydrogen-bond donors (Lipinski definition) is 2. The van der Waals surface area contributed by atoms with E-state index in [0.717, 1.165) is 36.0 Å². The summed E-state index contributed by atoms with van der Waals surface area (Å²) >= 11 is 0. The molecule has 1 saturated heterocycles. The molecule has 2 N–H and O–H groups in total. The Morgan fingerprint density at radius 1 is 0.921 bits per heavy atom. The second kappa shape index (κ2) is 10.9. The maximum Gasteiger partial charge on any atom is 0.343 e. The largest absolute Gasteiger partial charge is 0.343 e. The first-order valence-corrected chi connectivity index (χ1v) is 14.1. The molecule has 8 nitrogen and oxygen atoms in total. The Morgan fingerprint density at radius 3 is 2.32 bits per heavy atom. The topological polar surface area (TPSA) is 98.8 Å². The van der Waals surface area contributed by atoms with Crippen molar-refractivity contribution in [1.29, 1.82) is 0 Å². The van der Waals surface area contributed by atoms with Crippen LogP contribution in [-0.2, 0) is 16.4 Å². The molecule has 2 heterocycles. The van der Waals surface area contributed by atoms with E-state index in [0.29, 0.717) is 31.6 Å². The fourth-order valence-electron chi connectivity index (χ4n) is 5.04. The minimum Gasteiger partial charge on any atom is -0.327 e. The van der Waals surface area contributed by atoms with Crippen molar-refractivity contribution in [3.63, 3.8) is 0 Å². The molecule has 3 amide bonds. The van der Waals surface area contributed by atoms with Crippen LogP contribution in [-0.4, -0.2) is 49.9 Å². The first-order valence-electron chi connectivity index (χ1n) is 12.6. The zero-order valence-electron chi connectivity index (χ0n) is 20.8. The zero-order chi connectivity index (χ0) is 26.7. The standard InChI is InChI=1S/C28H29FN4O4S/c29-22-12-10-21(11-13-22)26-24-6-2-3-7-25(24)27(34)33(26)19-16-20-8-14-23(15-9-20)38(36,37)31-28(35)30-32-17-4-1-5-18-32/h2-3,6-15,26H,1,4-5,16-19H2,(H2,30,31,35). The van der Waals surface area contributed by atoms with Gasteiger partial charge in [-0.15, -0.1) is 0 Å². The Morgan fingerprint density at radius 2 is 1.61 bits per heavy atom.